The highest BCUT2D eigenvalue weighted by molar-refractivity contribution is 5.79. The zero-order chi connectivity index (χ0) is 14.5. The van der Waals surface area contributed by atoms with Crippen molar-refractivity contribution in [1.29, 1.82) is 0 Å². The molecule has 2 N–H and O–H groups in total. The van der Waals surface area contributed by atoms with Crippen molar-refractivity contribution in [2.45, 2.75) is 52.4 Å². The highest BCUT2D eigenvalue weighted by Gasteiger charge is 2.21. The van der Waals surface area contributed by atoms with E-state index in [1.54, 1.807) is 0 Å². The van der Waals surface area contributed by atoms with Crippen LogP contribution in [0.4, 0.5) is 5.82 Å². The van der Waals surface area contributed by atoms with E-state index in [9.17, 15) is 4.79 Å². The lowest BCUT2D eigenvalue weighted by atomic mass is 9.96. The number of aryl methyl sites for hydroxylation is 2. The molecule has 0 unspecified atom stereocenters. The summed E-state index contributed by atoms with van der Waals surface area (Å²) in [5.41, 5.74) is 7.77. The first-order valence-electron chi connectivity index (χ1n) is 7.51. The van der Waals surface area contributed by atoms with Crippen LogP contribution in [0.3, 0.4) is 0 Å². The summed E-state index contributed by atoms with van der Waals surface area (Å²) in [6, 6.07) is 0. The van der Waals surface area contributed by atoms with Gasteiger partial charge in [-0.2, -0.15) is 0 Å². The van der Waals surface area contributed by atoms with Crippen LogP contribution in [0, 0.1) is 6.92 Å². The minimum Gasteiger partial charge on any atom is -0.368 e. The van der Waals surface area contributed by atoms with Gasteiger partial charge < -0.3 is 10.6 Å². The average Bonchev–Trinajstić information content (AvgIpc) is 2.42. The highest BCUT2D eigenvalue weighted by Crippen LogP contribution is 2.28. The number of aromatic nitrogens is 2. The van der Waals surface area contributed by atoms with Crippen molar-refractivity contribution in [3.63, 3.8) is 0 Å². The van der Waals surface area contributed by atoms with E-state index >= 15 is 0 Å². The summed E-state index contributed by atoms with van der Waals surface area (Å²) in [5.74, 6) is 1.41. The predicted octanol–water partition coefficient (Wildman–Crippen LogP) is 1.76. The number of unbranched alkanes of at least 4 members (excludes halogenated alkanes) is 1. The quantitative estimate of drug-likeness (QED) is 0.859. The number of primary amides is 1. The summed E-state index contributed by atoms with van der Waals surface area (Å²) in [5, 5.41) is 0. The molecule has 0 radical (unpaired) electrons. The van der Waals surface area contributed by atoms with Gasteiger partial charge in [-0.3, -0.25) is 4.79 Å². The predicted molar refractivity (Wildman–Crippen MR) is 79.7 cm³/mol. The molecule has 0 saturated heterocycles. The van der Waals surface area contributed by atoms with Crippen molar-refractivity contribution < 1.29 is 4.79 Å². The second-order valence-electron chi connectivity index (χ2n) is 5.47. The Morgan fingerprint density at radius 3 is 2.75 bits per heavy atom. The Kier molecular flexibility index (Phi) is 4.93. The standard InChI is InChI=1S/C15H24N4O/c1-3-4-9-19(10-14(16)20)15-12-7-5-6-8-13(12)17-11(2)18-15/h3-10H2,1-2H3,(H2,16,20). The van der Waals surface area contributed by atoms with Gasteiger partial charge in [-0.15, -0.1) is 0 Å². The Balaban J connectivity index is 2.35. The molecule has 1 aliphatic rings. The molecule has 5 heteroatoms. The molecule has 1 aromatic heterocycles. The third kappa shape index (κ3) is 3.46. The van der Waals surface area contributed by atoms with Crippen LogP contribution in [0.1, 0.15) is 49.7 Å². The zero-order valence-corrected chi connectivity index (χ0v) is 12.5. The fourth-order valence-corrected chi connectivity index (χ4v) is 2.75. The summed E-state index contributed by atoms with van der Waals surface area (Å²) < 4.78 is 0. The summed E-state index contributed by atoms with van der Waals surface area (Å²) in [6.07, 6.45) is 6.50. The van der Waals surface area contributed by atoms with Crippen molar-refractivity contribution in [2.75, 3.05) is 18.0 Å². The lowest BCUT2D eigenvalue weighted by Gasteiger charge is -2.27. The largest absolute Gasteiger partial charge is 0.368 e. The van der Waals surface area contributed by atoms with Gasteiger partial charge in [0.2, 0.25) is 5.91 Å². The number of anilines is 1. The molecule has 0 saturated carbocycles. The van der Waals surface area contributed by atoms with Crippen LogP contribution in [0.25, 0.3) is 0 Å². The molecule has 1 heterocycles. The van der Waals surface area contributed by atoms with E-state index in [0.717, 1.165) is 49.6 Å². The van der Waals surface area contributed by atoms with Crippen LogP contribution in [0.15, 0.2) is 0 Å². The third-order valence-electron chi connectivity index (χ3n) is 3.70. The third-order valence-corrected chi connectivity index (χ3v) is 3.70. The monoisotopic (exact) mass is 276 g/mol. The zero-order valence-electron chi connectivity index (χ0n) is 12.5. The number of amides is 1. The van der Waals surface area contributed by atoms with Crippen LogP contribution in [-0.2, 0) is 17.6 Å². The van der Waals surface area contributed by atoms with E-state index in [0.29, 0.717) is 0 Å². The highest BCUT2D eigenvalue weighted by atomic mass is 16.1. The van der Waals surface area contributed by atoms with Crippen molar-refractivity contribution in [3.8, 4) is 0 Å². The molecule has 0 bridgehead atoms. The number of nitrogens with two attached hydrogens (primary N) is 1. The fourth-order valence-electron chi connectivity index (χ4n) is 2.75. The second-order valence-corrected chi connectivity index (χ2v) is 5.47. The van der Waals surface area contributed by atoms with E-state index in [-0.39, 0.29) is 12.5 Å². The maximum absolute atomic E-state index is 11.3. The summed E-state index contributed by atoms with van der Waals surface area (Å²) in [7, 11) is 0. The van der Waals surface area contributed by atoms with E-state index in [2.05, 4.69) is 16.9 Å². The van der Waals surface area contributed by atoms with Gasteiger partial charge in [0, 0.05) is 17.8 Å². The number of carbonyl (C=O) groups is 1. The Morgan fingerprint density at radius 2 is 2.05 bits per heavy atom. The van der Waals surface area contributed by atoms with Gasteiger partial charge in [0.25, 0.3) is 0 Å². The Bertz CT molecular complexity index is 487. The molecule has 20 heavy (non-hydrogen) atoms. The second kappa shape index (κ2) is 6.68. The number of nitrogens with zero attached hydrogens (tertiary/aromatic N) is 3. The van der Waals surface area contributed by atoms with E-state index in [1.807, 2.05) is 11.8 Å². The SMILES string of the molecule is CCCCN(CC(N)=O)c1nc(C)nc2c1CCCC2. The van der Waals surface area contributed by atoms with Crippen LogP contribution in [-0.4, -0.2) is 29.0 Å². The number of fused-ring (bicyclic) bond motifs is 1. The number of hydrogen-bond acceptors (Lipinski definition) is 4. The van der Waals surface area contributed by atoms with E-state index < -0.39 is 0 Å². The van der Waals surface area contributed by atoms with Gasteiger partial charge in [-0.25, -0.2) is 9.97 Å². The molecule has 2 rings (SSSR count). The molecule has 0 aliphatic heterocycles. The number of rotatable bonds is 6. The van der Waals surface area contributed by atoms with Crippen LogP contribution in [0.5, 0.6) is 0 Å². The van der Waals surface area contributed by atoms with E-state index in [4.69, 9.17) is 5.73 Å². The average molecular weight is 276 g/mol. The lowest BCUT2D eigenvalue weighted by molar-refractivity contribution is -0.116. The number of carbonyl (C=O) groups excluding carboxylic acids is 1. The Morgan fingerprint density at radius 1 is 1.30 bits per heavy atom. The van der Waals surface area contributed by atoms with E-state index in [1.165, 1.54) is 18.4 Å². The van der Waals surface area contributed by atoms with Gasteiger partial charge in [0.15, 0.2) is 0 Å². The van der Waals surface area contributed by atoms with Gasteiger partial charge in [-0.1, -0.05) is 13.3 Å². The topological polar surface area (TPSA) is 72.1 Å². The van der Waals surface area contributed by atoms with Gasteiger partial charge in [-0.05, 0) is 39.0 Å². The maximum Gasteiger partial charge on any atom is 0.236 e. The van der Waals surface area contributed by atoms with Crippen molar-refractivity contribution in [3.05, 3.63) is 17.1 Å². The fraction of sp³-hybridized carbons (Fsp3) is 0.667. The molecule has 1 amide bonds. The first-order chi connectivity index (χ1) is 9.61. The van der Waals surface area contributed by atoms with Gasteiger partial charge >= 0.3 is 0 Å². The van der Waals surface area contributed by atoms with Crippen molar-refractivity contribution >= 4 is 11.7 Å². The van der Waals surface area contributed by atoms with Gasteiger partial charge in [0.1, 0.15) is 11.6 Å². The van der Waals surface area contributed by atoms with Crippen molar-refractivity contribution in [1.82, 2.24) is 9.97 Å². The molecule has 110 valence electrons. The van der Waals surface area contributed by atoms with Gasteiger partial charge in [0.05, 0.1) is 6.54 Å². The minimum absolute atomic E-state index is 0.239. The lowest BCUT2D eigenvalue weighted by Crippen LogP contribution is -2.36. The normalized spacial score (nSPS) is 13.9. The molecule has 0 spiro atoms. The Labute approximate surface area is 120 Å². The first-order valence-corrected chi connectivity index (χ1v) is 7.51. The molecule has 0 atom stereocenters. The number of hydrogen-bond donors (Lipinski definition) is 1. The summed E-state index contributed by atoms with van der Waals surface area (Å²) in [6.45, 7) is 5.12. The maximum atomic E-state index is 11.3. The summed E-state index contributed by atoms with van der Waals surface area (Å²) in [4.78, 5) is 22.5. The molecular weight excluding hydrogens is 252 g/mol. The molecule has 1 aliphatic carbocycles. The Hall–Kier alpha value is -1.65. The van der Waals surface area contributed by atoms with Crippen LogP contribution in [0.2, 0.25) is 0 Å². The minimum atomic E-state index is -0.304. The smallest absolute Gasteiger partial charge is 0.236 e. The molecule has 0 aromatic carbocycles. The van der Waals surface area contributed by atoms with Crippen LogP contribution >= 0.6 is 0 Å². The molecule has 5 nitrogen and oxygen atoms in total. The molecule has 1 aromatic rings. The van der Waals surface area contributed by atoms with Crippen LogP contribution < -0.4 is 10.6 Å². The van der Waals surface area contributed by atoms with Crippen molar-refractivity contribution in [2.24, 2.45) is 5.73 Å². The first kappa shape index (κ1) is 14.8. The molecular formula is C15H24N4O. The molecule has 0 fully saturated rings. The summed E-state index contributed by atoms with van der Waals surface area (Å²) >= 11 is 0.